The number of carbonyl (C=O) groups is 1. The van der Waals surface area contributed by atoms with Crippen molar-refractivity contribution in [2.75, 3.05) is 20.8 Å². The molecule has 0 aromatic heterocycles. The number of para-hydroxylation sites is 2. The Morgan fingerprint density at radius 3 is 2.58 bits per heavy atom. The van der Waals surface area contributed by atoms with Gasteiger partial charge in [-0.05, 0) is 40.2 Å². The molecule has 0 radical (unpaired) electrons. The predicted octanol–water partition coefficient (Wildman–Crippen LogP) is 3.00. The Labute approximate surface area is 148 Å². The summed E-state index contributed by atoms with van der Waals surface area (Å²) in [5.41, 5.74) is 3.09. The largest absolute Gasteiger partial charge is 0.493 e. The molecule has 0 bridgehead atoms. The average molecular weight is 393 g/mol. The molecule has 0 aliphatic rings. The normalized spacial score (nSPS) is 10.5. The molecular weight excluding hydrogens is 376 g/mol. The summed E-state index contributed by atoms with van der Waals surface area (Å²) < 4.78 is 16.7. The van der Waals surface area contributed by atoms with E-state index in [1.165, 1.54) is 6.21 Å². The highest BCUT2D eigenvalue weighted by Crippen LogP contribution is 2.29. The maximum atomic E-state index is 11.8. The molecule has 0 atom stereocenters. The van der Waals surface area contributed by atoms with Crippen molar-refractivity contribution in [2.24, 2.45) is 5.10 Å². The van der Waals surface area contributed by atoms with Crippen LogP contribution in [0.2, 0.25) is 0 Å². The lowest BCUT2D eigenvalue weighted by molar-refractivity contribution is -0.123. The van der Waals surface area contributed by atoms with Crippen molar-refractivity contribution in [3.8, 4) is 17.2 Å². The summed E-state index contributed by atoms with van der Waals surface area (Å²) in [6.45, 7) is -0.144. The number of carbonyl (C=O) groups excluding carboxylic acids is 1. The first-order chi connectivity index (χ1) is 11.7. The number of hydrogen-bond acceptors (Lipinski definition) is 5. The summed E-state index contributed by atoms with van der Waals surface area (Å²) in [4.78, 5) is 11.8. The summed E-state index contributed by atoms with van der Waals surface area (Å²) in [7, 11) is 3.10. The molecule has 24 heavy (non-hydrogen) atoms. The van der Waals surface area contributed by atoms with Crippen LogP contribution >= 0.6 is 15.9 Å². The van der Waals surface area contributed by atoms with Gasteiger partial charge in [-0.3, -0.25) is 4.79 Å². The SMILES string of the molecule is COc1cccc(C=NNC(=O)COc2ccccc2Br)c1OC. The second kappa shape index (κ2) is 8.93. The molecule has 0 saturated carbocycles. The number of nitrogens with one attached hydrogen (secondary N) is 1. The van der Waals surface area contributed by atoms with Gasteiger partial charge in [0.2, 0.25) is 0 Å². The quantitative estimate of drug-likeness (QED) is 0.580. The van der Waals surface area contributed by atoms with E-state index in [0.717, 1.165) is 4.47 Å². The Kier molecular flexibility index (Phi) is 6.62. The van der Waals surface area contributed by atoms with Gasteiger partial charge in [-0.1, -0.05) is 18.2 Å². The van der Waals surface area contributed by atoms with Crippen LogP contribution in [0.15, 0.2) is 52.0 Å². The highest BCUT2D eigenvalue weighted by molar-refractivity contribution is 9.10. The average Bonchev–Trinajstić information content (AvgIpc) is 2.60. The number of ether oxygens (including phenoxy) is 3. The van der Waals surface area contributed by atoms with E-state index >= 15 is 0 Å². The molecule has 0 aliphatic heterocycles. The lowest BCUT2D eigenvalue weighted by Gasteiger charge is -2.09. The van der Waals surface area contributed by atoms with Crippen LogP contribution in [0.25, 0.3) is 0 Å². The fourth-order valence-corrected chi connectivity index (χ4v) is 2.32. The number of methoxy groups -OCH3 is 2. The molecule has 2 aromatic rings. The van der Waals surface area contributed by atoms with E-state index in [0.29, 0.717) is 22.8 Å². The van der Waals surface area contributed by atoms with Crippen LogP contribution in [0.5, 0.6) is 17.2 Å². The molecule has 1 N–H and O–H groups in total. The van der Waals surface area contributed by atoms with E-state index < -0.39 is 0 Å². The van der Waals surface area contributed by atoms with E-state index in [2.05, 4.69) is 26.5 Å². The molecule has 0 aliphatic carbocycles. The molecule has 126 valence electrons. The Hall–Kier alpha value is -2.54. The maximum absolute atomic E-state index is 11.8. The van der Waals surface area contributed by atoms with E-state index in [4.69, 9.17) is 14.2 Å². The number of hydrazone groups is 1. The second-order valence-electron chi connectivity index (χ2n) is 4.60. The number of hydrogen-bond donors (Lipinski definition) is 1. The first kappa shape index (κ1) is 17.8. The Balaban J connectivity index is 1.92. The monoisotopic (exact) mass is 392 g/mol. The van der Waals surface area contributed by atoms with Crippen LogP contribution < -0.4 is 19.6 Å². The van der Waals surface area contributed by atoms with Gasteiger partial charge in [0.25, 0.3) is 5.91 Å². The Morgan fingerprint density at radius 1 is 1.12 bits per heavy atom. The van der Waals surface area contributed by atoms with Gasteiger partial charge < -0.3 is 14.2 Å². The number of nitrogens with zero attached hydrogens (tertiary/aromatic N) is 1. The van der Waals surface area contributed by atoms with Crippen LogP contribution in [-0.4, -0.2) is 32.9 Å². The van der Waals surface area contributed by atoms with E-state index in [1.807, 2.05) is 18.2 Å². The summed E-state index contributed by atoms with van der Waals surface area (Å²) in [6, 6.07) is 12.7. The van der Waals surface area contributed by atoms with Crippen LogP contribution in [-0.2, 0) is 4.79 Å². The summed E-state index contributed by atoms with van der Waals surface area (Å²) in [5.74, 6) is 1.35. The smallest absolute Gasteiger partial charge is 0.277 e. The van der Waals surface area contributed by atoms with E-state index in [1.54, 1.807) is 38.5 Å². The number of amides is 1. The van der Waals surface area contributed by atoms with Crippen molar-refractivity contribution < 1.29 is 19.0 Å². The van der Waals surface area contributed by atoms with Gasteiger partial charge in [-0.25, -0.2) is 5.43 Å². The van der Waals surface area contributed by atoms with Crippen LogP contribution in [0.4, 0.5) is 0 Å². The first-order valence-corrected chi connectivity index (χ1v) is 7.85. The minimum absolute atomic E-state index is 0.144. The van der Waals surface area contributed by atoms with Gasteiger partial charge in [0.15, 0.2) is 18.1 Å². The first-order valence-electron chi connectivity index (χ1n) is 7.06. The van der Waals surface area contributed by atoms with Gasteiger partial charge >= 0.3 is 0 Å². The summed E-state index contributed by atoms with van der Waals surface area (Å²) in [6.07, 6.45) is 1.48. The third kappa shape index (κ3) is 4.73. The fraction of sp³-hybridized carbons (Fsp3) is 0.176. The zero-order chi connectivity index (χ0) is 17.4. The molecule has 6 nitrogen and oxygen atoms in total. The molecule has 2 rings (SSSR count). The molecular formula is C17H17BrN2O4. The van der Waals surface area contributed by atoms with Crippen molar-refractivity contribution in [2.45, 2.75) is 0 Å². The van der Waals surface area contributed by atoms with Crippen molar-refractivity contribution in [3.63, 3.8) is 0 Å². The Bertz CT molecular complexity index is 734. The number of rotatable bonds is 7. The van der Waals surface area contributed by atoms with Gasteiger partial charge in [0.1, 0.15) is 5.75 Å². The van der Waals surface area contributed by atoms with Gasteiger partial charge in [-0.15, -0.1) is 0 Å². The molecule has 0 saturated heterocycles. The number of benzene rings is 2. The topological polar surface area (TPSA) is 69.2 Å². The second-order valence-corrected chi connectivity index (χ2v) is 5.45. The molecule has 2 aromatic carbocycles. The molecule has 7 heteroatoms. The van der Waals surface area contributed by atoms with Gasteiger partial charge in [-0.2, -0.15) is 5.10 Å². The highest BCUT2D eigenvalue weighted by Gasteiger charge is 2.08. The lowest BCUT2D eigenvalue weighted by Crippen LogP contribution is -2.24. The summed E-state index contributed by atoms with van der Waals surface area (Å²) >= 11 is 3.35. The maximum Gasteiger partial charge on any atom is 0.277 e. The molecule has 1 amide bonds. The standard InChI is InChI=1S/C17H17BrN2O4/c1-22-15-9-5-6-12(17(15)23-2)10-19-20-16(21)11-24-14-8-4-3-7-13(14)18/h3-10H,11H2,1-2H3,(H,20,21). The third-order valence-electron chi connectivity index (χ3n) is 3.02. The minimum Gasteiger partial charge on any atom is -0.493 e. The Morgan fingerprint density at radius 2 is 1.88 bits per heavy atom. The molecule has 0 heterocycles. The molecule has 0 fully saturated rings. The van der Waals surface area contributed by atoms with Crippen molar-refractivity contribution in [1.29, 1.82) is 0 Å². The van der Waals surface area contributed by atoms with Crippen LogP contribution in [0.1, 0.15) is 5.56 Å². The zero-order valence-electron chi connectivity index (χ0n) is 13.3. The van der Waals surface area contributed by atoms with Crippen LogP contribution in [0.3, 0.4) is 0 Å². The number of halogens is 1. The third-order valence-corrected chi connectivity index (χ3v) is 3.68. The van der Waals surface area contributed by atoms with E-state index in [9.17, 15) is 4.79 Å². The highest BCUT2D eigenvalue weighted by atomic mass is 79.9. The van der Waals surface area contributed by atoms with Crippen molar-refractivity contribution in [3.05, 3.63) is 52.5 Å². The lowest BCUT2D eigenvalue weighted by atomic mass is 10.2. The molecule has 0 unspecified atom stereocenters. The molecule has 0 spiro atoms. The van der Waals surface area contributed by atoms with Crippen LogP contribution in [0, 0.1) is 0 Å². The summed E-state index contributed by atoms with van der Waals surface area (Å²) in [5, 5.41) is 3.91. The van der Waals surface area contributed by atoms with Gasteiger partial charge in [0.05, 0.1) is 24.9 Å². The van der Waals surface area contributed by atoms with E-state index in [-0.39, 0.29) is 12.5 Å². The van der Waals surface area contributed by atoms with Crippen molar-refractivity contribution >= 4 is 28.1 Å². The van der Waals surface area contributed by atoms with Crippen molar-refractivity contribution in [1.82, 2.24) is 5.43 Å². The predicted molar refractivity (Wildman–Crippen MR) is 94.9 cm³/mol. The van der Waals surface area contributed by atoms with Gasteiger partial charge in [0, 0.05) is 5.56 Å². The minimum atomic E-state index is -0.371. The fourth-order valence-electron chi connectivity index (χ4n) is 1.92. The zero-order valence-corrected chi connectivity index (χ0v) is 14.9.